The molecule has 1 atom stereocenters. The molecule has 0 saturated heterocycles. The molecular weight excluding hydrogens is 203 g/mol. The van der Waals surface area contributed by atoms with Gasteiger partial charge < -0.3 is 10.6 Å². The molecule has 2 N–H and O–H groups in total. The summed E-state index contributed by atoms with van der Waals surface area (Å²) < 4.78 is 13.8. The fourth-order valence-electron chi connectivity index (χ4n) is 1.76. The average Bonchev–Trinajstić information content (AvgIpc) is 2.15. The summed E-state index contributed by atoms with van der Waals surface area (Å²) in [5.74, 6) is 0.315. The molecule has 0 fully saturated rings. The van der Waals surface area contributed by atoms with Gasteiger partial charge in [-0.05, 0) is 30.5 Å². The Morgan fingerprint density at radius 2 is 1.94 bits per heavy atom. The van der Waals surface area contributed by atoms with Gasteiger partial charge in [0.25, 0.3) is 0 Å². The Morgan fingerprint density at radius 3 is 2.38 bits per heavy atom. The van der Waals surface area contributed by atoms with E-state index in [1.54, 1.807) is 6.07 Å². The van der Waals surface area contributed by atoms with Crippen molar-refractivity contribution in [1.29, 1.82) is 0 Å². The number of benzene rings is 1. The lowest BCUT2D eigenvalue weighted by Gasteiger charge is -2.22. The molecule has 90 valence electrons. The van der Waals surface area contributed by atoms with Crippen molar-refractivity contribution < 1.29 is 4.39 Å². The normalized spacial score (nSPS) is 12.9. The zero-order valence-corrected chi connectivity index (χ0v) is 10.5. The standard InChI is InChI=1S/C13H21FN2/c1-9(2)8-16(4)13-6-5-11(10(3)15)7-12(13)14/h5-7,9-10H,8,15H2,1-4H3/t10-/m0/s1. The summed E-state index contributed by atoms with van der Waals surface area (Å²) in [7, 11) is 1.91. The predicted octanol–water partition coefficient (Wildman–Crippen LogP) is 2.94. The summed E-state index contributed by atoms with van der Waals surface area (Å²) in [5, 5.41) is 0. The summed E-state index contributed by atoms with van der Waals surface area (Å²) in [6.45, 7) is 6.93. The molecule has 0 heterocycles. The molecule has 1 rings (SSSR count). The molecule has 0 spiro atoms. The van der Waals surface area contributed by atoms with E-state index in [0.29, 0.717) is 11.6 Å². The molecule has 2 nitrogen and oxygen atoms in total. The maximum atomic E-state index is 13.8. The van der Waals surface area contributed by atoms with Crippen LogP contribution in [0.3, 0.4) is 0 Å². The zero-order valence-electron chi connectivity index (χ0n) is 10.5. The van der Waals surface area contributed by atoms with Gasteiger partial charge in [0, 0.05) is 19.6 Å². The van der Waals surface area contributed by atoms with Crippen molar-refractivity contribution in [2.75, 3.05) is 18.5 Å². The molecule has 0 bridgehead atoms. The van der Waals surface area contributed by atoms with E-state index >= 15 is 0 Å². The molecule has 3 heteroatoms. The van der Waals surface area contributed by atoms with E-state index in [2.05, 4.69) is 13.8 Å². The van der Waals surface area contributed by atoms with Crippen molar-refractivity contribution in [3.8, 4) is 0 Å². The van der Waals surface area contributed by atoms with E-state index in [-0.39, 0.29) is 11.9 Å². The second-order valence-electron chi connectivity index (χ2n) is 4.77. The number of anilines is 1. The van der Waals surface area contributed by atoms with Crippen LogP contribution in [-0.4, -0.2) is 13.6 Å². The van der Waals surface area contributed by atoms with E-state index in [0.717, 1.165) is 12.1 Å². The van der Waals surface area contributed by atoms with E-state index in [1.165, 1.54) is 6.07 Å². The Labute approximate surface area is 97.3 Å². The van der Waals surface area contributed by atoms with Crippen LogP contribution < -0.4 is 10.6 Å². The van der Waals surface area contributed by atoms with Gasteiger partial charge in [0.2, 0.25) is 0 Å². The Morgan fingerprint density at radius 1 is 1.31 bits per heavy atom. The van der Waals surface area contributed by atoms with Crippen molar-refractivity contribution in [3.05, 3.63) is 29.6 Å². The van der Waals surface area contributed by atoms with Crippen molar-refractivity contribution in [2.24, 2.45) is 11.7 Å². The summed E-state index contributed by atoms with van der Waals surface area (Å²) >= 11 is 0. The monoisotopic (exact) mass is 224 g/mol. The highest BCUT2D eigenvalue weighted by Gasteiger charge is 2.10. The number of rotatable bonds is 4. The molecule has 0 amide bonds. The van der Waals surface area contributed by atoms with E-state index < -0.39 is 0 Å². The van der Waals surface area contributed by atoms with Crippen molar-refractivity contribution in [1.82, 2.24) is 0 Å². The van der Waals surface area contributed by atoms with Gasteiger partial charge in [0.05, 0.1) is 5.69 Å². The van der Waals surface area contributed by atoms with Gasteiger partial charge >= 0.3 is 0 Å². The van der Waals surface area contributed by atoms with E-state index in [4.69, 9.17) is 5.73 Å². The molecule has 1 aromatic carbocycles. The summed E-state index contributed by atoms with van der Waals surface area (Å²) in [5.41, 5.74) is 7.18. The lowest BCUT2D eigenvalue weighted by Crippen LogP contribution is -2.23. The van der Waals surface area contributed by atoms with Gasteiger partial charge in [-0.25, -0.2) is 4.39 Å². The summed E-state index contributed by atoms with van der Waals surface area (Å²) in [6, 6.07) is 5.09. The maximum Gasteiger partial charge on any atom is 0.146 e. The lowest BCUT2D eigenvalue weighted by molar-refractivity contribution is 0.596. The average molecular weight is 224 g/mol. The van der Waals surface area contributed by atoms with Gasteiger partial charge in [0.15, 0.2) is 0 Å². The third kappa shape index (κ3) is 3.20. The van der Waals surface area contributed by atoms with Crippen LogP contribution in [0, 0.1) is 11.7 Å². The Balaban J connectivity index is 2.90. The second kappa shape index (κ2) is 5.30. The van der Waals surface area contributed by atoms with Crippen LogP contribution in [-0.2, 0) is 0 Å². The summed E-state index contributed by atoms with van der Waals surface area (Å²) in [6.07, 6.45) is 0. The maximum absolute atomic E-state index is 13.8. The Bertz CT molecular complexity index is 348. The smallest absolute Gasteiger partial charge is 0.146 e. The molecule has 0 radical (unpaired) electrons. The van der Waals surface area contributed by atoms with Crippen LogP contribution >= 0.6 is 0 Å². The molecular formula is C13H21FN2. The van der Waals surface area contributed by atoms with Gasteiger partial charge in [-0.15, -0.1) is 0 Å². The van der Waals surface area contributed by atoms with E-state index in [9.17, 15) is 4.39 Å². The number of hydrogen-bond acceptors (Lipinski definition) is 2. The van der Waals surface area contributed by atoms with Crippen LogP contribution in [0.2, 0.25) is 0 Å². The number of hydrogen-bond donors (Lipinski definition) is 1. The third-order valence-corrected chi connectivity index (χ3v) is 2.55. The molecule has 0 saturated carbocycles. The molecule has 16 heavy (non-hydrogen) atoms. The molecule has 0 aliphatic heterocycles. The fraction of sp³-hybridized carbons (Fsp3) is 0.538. The molecule has 0 aliphatic carbocycles. The minimum Gasteiger partial charge on any atom is -0.372 e. The van der Waals surface area contributed by atoms with Crippen molar-refractivity contribution in [3.63, 3.8) is 0 Å². The Hall–Kier alpha value is -1.09. The second-order valence-corrected chi connectivity index (χ2v) is 4.77. The number of nitrogens with zero attached hydrogens (tertiary/aromatic N) is 1. The highest BCUT2D eigenvalue weighted by molar-refractivity contribution is 5.48. The molecule has 0 aromatic heterocycles. The minimum absolute atomic E-state index is 0.126. The van der Waals surface area contributed by atoms with Gasteiger partial charge in [-0.1, -0.05) is 19.9 Å². The first kappa shape index (κ1) is 13.0. The van der Waals surface area contributed by atoms with Crippen LogP contribution in [0.15, 0.2) is 18.2 Å². The highest BCUT2D eigenvalue weighted by atomic mass is 19.1. The first-order valence-electron chi connectivity index (χ1n) is 5.68. The first-order valence-corrected chi connectivity index (χ1v) is 5.68. The molecule has 1 aromatic rings. The molecule has 0 aliphatic rings. The first-order chi connectivity index (χ1) is 7.41. The van der Waals surface area contributed by atoms with Gasteiger partial charge in [-0.3, -0.25) is 0 Å². The number of nitrogens with two attached hydrogens (primary N) is 1. The zero-order chi connectivity index (χ0) is 12.3. The van der Waals surface area contributed by atoms with Crippen LogP contribution in [0.5, 0.6) is 0 Å². The predicted molar refractivity (Wildman–Crippen MR) is 67.1 cm³/mol. The van der Waals surface area contributed by atoms with Gasteiger partial charge in [0.1, 0.15) is 5.82 Å². The van der Waals surface area contributed by atoms with Crippen molar-refractivity contribution in [2.45, 2.75) is 26.8 Å². The quantitative estimate of drug-likeness (QED) is 0.852. The van der Waals surface area contributed by atoms with Gasteiger partial charge in [-0.2, -0.15) is 0 Å². The highest BCUT2D eigenvalue weighted by Crippen LogP contribution is 2.22. The summed E-state index contributed by atoms with van der Waals surface area (Å²) in [4.78, 5) is 1.94. The number of halogens is 1. The van der Waals surface area contributed by atoms with E-state index in [1.807, 2.05) is 24.9 Å². The Kier molecular flexibility index (Phi) is 4.30. The topological polar surface area (TPSA) is 29.3 Å². The van der Waals surface area contributed by atoms with Crippen LogP contribution in [0.1, 0.15) is 32.4 Å². The minimum atomic E-state index is -0.196. The van der Waals surface area contributed by atoms with Crippen molar-refractivity contribution >= 4 is 5.69 Å². The van der Waals surface area contributed by atoms with Crippen LogP contribution in [0.25, 0.3) is 0 Å². The molecule has 0 unspecified atom stereocenters. The SMILES string of the molecule is CC(C)CN(C)c1ccc([C@H](C)N)cc1F. The lowest BCUT2D eigenvalue weighted by atomic mass is 10.1. The third-order valence-electron chi connectivity index (χ3n) is 2.55. The van der Waals surface area contributed by atoms with Crippen LogP contribution in [0.4, 0.5) is 10.1 Å². The largest absolute Gasteiger partial charge is 0.372 e. The fourth-order valence-corrected chi connectivity index (χ4v) is 1.76.